The van der Waals surface area contributed by atoms with Crippen molar-refractivity contribution >= 4 is 12.0 Å². The molecular formula is C20H31N3O6. The second-order valence-corrected chi connectivity index (χ2v) is 6.94. The van der Waals surface area contributed by atoms with Gasteiger partial charge in [-0.25, -0.2) is 4.79 Å². The van der Waals surface area contributed by atoms with Crippen LogP contribution in [0.5, 0.6) is 5.75 Å². The Kier molecular flexibility index (Phi) is 9.17. The van der Waals surface area contributed by atoms with Gasteiger partial charge in [0, 0.05) is 19.6 Å². The molecule has 1 aliphatic heterocycles. The maximum Gasteiger partial charge on any atom is 0.317 e. The number of rotatable bonds is 9. The highest BCUT2D eigenvalue weighted by molar-refractivity contribution is 5.77. The van der Waals surface area contributed by atoms with Crippen LogP contribution in [-0.2, 0) is 14.3 Å². The van der Waals surface area contributed by atoms with Gasteiger partial charge in [-0.3, -0.25) is 10.5 Å². The summed E-state index contributed by atoms with van der Waals surface area (Å²) in [5, 5.41) is 13.1. The van der Waals surface area contributed by atoms with Gasteiger partial charge in [0.25, 0.3) is 0 Å². The first kappa shape index (κ1) is 22.9. The summed E-state index contributed by atoms with van der Waals surface area (Å²) in [7, 11) is 1.34. The number of ether oxygens (including phenoxy) is 3. The Morgan fingerprint density at radius 2 is 2.07 bits per heavy atom. The monoisotopic (exact) mass is 409 g/mol. The third-order valence-corrected chi connectivity index (χ3v) is 4.82. The van der Waals surface area contributed by atoms with Crippen molar-refractivity contribution in [1.82, 2.24) is 10.2 Å². The smallest absolute Gasteiger partial charge is 0.317 e. The molecule has 3 atom stereocenters. The van der Waals surface area contributed by atoms with Crippen molar-refractivity contribution in [3.05, 3.63) is 29.8 Å². The Balaban J connectivity index is 1.73. The first-order valence-corrected chi connectivity index (χ1v) is 9.81. The molecule has 29 heavy (non-hydrogen) atoms. The van der Waals surface area contributed by atoms with E-state index in [9.17, 15) is 14.7 Å². The average Bonchev–Trinajstić information content (AvgIpc) is 2.76. The molecule has 0 aromatic heterocycles. The van der Waals surface area contributed by atoms with Crippen LogP contribution in [-0.4, -0.2) is 74.3 Å². The van der Waals surface area contributed by atoms with Gasteiger partial charge in [0.05, 0.1) is 26.2 Å². The number of amides is 2. The molecule has 1 aromatic carbocycles. The number of aliphatic hydroxyl groups is 1. The number of aliphatic hydroxyl groups excluding tert-OH is 1. The average molecular weight is 409 g/mol. The molecule has 0 radical (unpaired) electrons. The highest BCUT2D eigenvalue weighted by Crippen LogP contribution is 2.22. The molecule has 0 aliphatic carbocycles. The van der Waals surface area contributed by atoms with Crippen LogP contribution in [0.3, 0.4) is 0 Å². The molecule has 162 valence electrons. The zero-order chi connectivity index (χ0) is 21.2. The summed E-state index contributed by atoms with van der Waals surface area (Å²) >= 11 is 0. The van der Waals surface area contributed by atoms with Gasteiger partial charge in [-0.15, -0.1) is 0 Å². The van der Waals surface area contributed by atoms with Crippen molar-refractivity contribution in [3.63, 3.8) is 0 Å². The number of nitrogens with two attached hydrogens (primary N) is 1. The van der Waals surface area contributed by atoms with Gasteiger partial charge in [0.15, 0.2) is 6.23 Å². The van der Waals surface area contributed by atoms with E-state index >= 15 is 0 Å². The summed E-state index contributed by atoms with van der Waals surface area (Å²) < 4.78 is 15.6. The number of nitrogens with one attached hydrogen (secondary N) is 1. The zero-order valence-electron chi connectivity index (χ0n) is 17.0. The standard InChI is InChI=1S/C20H31N3O6/c1-14(19(25)27-2)15-5-3-6-16(13-15)29-18(21)17(24)7-4-8-22-20(26)23-9-11-28-12-10-23/h3,5-6,13-14,17-18,24H,4,7-12,21H2,1-2H3,(H,22,26). The molecule has 1 heterocycles. The molecule has 0 spiro atoms. The van der Waals surface area contributed by atoms with Gasteiger partial charge < -0.3 is 29.5 Å². The lowest BCUT2D eigenvalue weighted by Crippen LogP contribution is -2.46. The van der Waals surface area contributed by atoms with Crippen LogP contribution >= 0.6 is 0 Å². The van der Waals surface area contributed by atoms with E-state index < -0.39 is 18.2 Å². The minimum absolute atomic E-state index is 0.125. The lowest BCUT2D eigenvalue weighted by atomic mass is 10.0. The predicted molar refractivity (Wildman–Crippen MR) is 107 cm³/mol. The Labute approximate surface area is 171 Å². The van der Waals surface area contributed by atoms with Gasteiger partial charge in [-0.05, 0) is 37.5 Å². The minimum Gasteiger partial charge on any atom is -0.473 e. The van der Waals surface area contributed by atoms with Gasteiger partial charge in [-0.1, -0.05) is 12.1 Å². The molecule has 1 fully saturated rings. The maximum absolute atomic E-state index is 12.0. The zero-order valence-corrected chi connectivity index (χ0v) is 17.0. The van der Waals surface area contributed by atoms with Crippen LogP contribution in [0.25, 0.3) is 0 Å². The molecule has 1 aromatic rings. The van der Waals surface area contributed by atoms with Crippen LogP contribution in [0.15, 0.2) is 24.3 Å². The van der Waals surface area contributed by atoms with Crippen LogP contribution in [0.1, 0.15) is 31.2 Å². The molecule has 4 N–H and O–H groups in total. The van der Waals surface area contributed by atoms with Crippen molar-refractivity contribution in [2.75, 3.05) is 40.0 Å². The summed E-state index contributed by atoms with van der Waals surface area (Å²) in [6.07, 6.45) is -0.873. The van der Waals surface area contributed by atoms with Gasteiger partial charge >= 0.3 is 12.0 Å². The van der Waals surface area contributed by atoms with E-state index in [-0.39, 0.29) is 12.0 Å². The van der Waals surface area contributed by atoms with E-state index in [1.165, 1.54) is 7.11 Å². The van der Waals surface area contributed by atoms with Crippen LogP contribution in [0.2, 0.25) is 0 Å². The number of hydrogen-bond acceptors (Lipinski definition) is 7. The Morgan fingerprint density at radius 3 is 2.76 bits per heavy atom. The summed E-state index contributed by atoms with van der Waals surface area (Å²) in [5.74, 6) is -0.309. The maximum atomic E-state index is 12.0. The van der Waals surface area contributed by atoms with Crippen LogP contribution < -0.4 is 15.8 Å². The molecule has 9 heteroatoms. The molecule has 2 amide bonds. The fourth-order valence-corrected chi connectivity index (χ4v) is 2.95. The van der Waals surface area contributed by atoms with Gasteiger partial charge in [0.2, 0.25) is 0 Å². The largest absolute Gasteiger partial charge is 0.473 e. The first-order chi connectivity index (χ1) is 13.9. The molecule has 0 saturated carbocycles. The molecule has 0 bridgehead atoms. The topological polar surface area (TPSA) is 123 Å². The Hall–Kier alpha value is -2.36. The molecule has 9 nitrogen and oxygen atoms in total. The van der Waals surface area contributed by atoms with Crippen molar-refractivity contribution < 1.29 is 28.9 Å². The number of urea groups is 1. The predicted octanol–water partition coefficient (Wildman–Crippen LogP) is 0.810. The summed E-state index contributed by atoms with van der Waals surface area (Å²) in [5.41, 5.74) is 6.68. The number of methoxy groups -OCH3 is 1. The number of esters is 1. The van der Waals surface area contributed by atoms with Gasteiger partial charge in [-0.2, -0.15) is 0 Å². The Morgan fingerprint density at radius 1 is 1.34 bits per heavy atom. The summed E-state index contributed by atoms with van der Waals surface area (Å²) in [4.78, 5) is 25.4. The number of carbonyl (C=O) groups excluding carboxylic acids is 2. The Bertz CT molecular complexity index is 665. The summed E-state index contributed by atoms with van der Waals surface area (Å²) in [6, 6.07) is 6.84. The van der Waals surface area contributed by atoms with Crippen LogP contribution in [0, 0.1) is 0 Å². The SMILES string of the molecule is COC(=O)C(C)c1cccc(OC(N)C(O)CCCNC(=O)N2CCOCC2)c1. The highest BCUT2D eigenvalue weighted by atomic mass is 16.5. The molecular weight excluding hydrogens is 378 g/mol. The summed E-state index contributed by atoms with van der Waals surface area (Å²) in [6.45, 7) is 4.45. The van der Waals surface area contributed by atoms with E-state index in [4.69, 9.17) is 19.9 Å². The van der Waals surface area contributed by atoms with E-state index in [1.807, 2.05) is 0 Å². The quantitative estimate of drug-likeness (QED) is 0.313. The minimum atomic E-state index is -0.923. The van der Waals surface area contributed by atoms with E-state index in [2.05, 4.69) is 5.32 Å². The molecule has 3 unspecified atom stereocenters. The van der Waals surface area contributed by atoms with E-state index in [1.54, 1.807) is 36.1 Å². The first-order valence-electron chi connectivity index (χ1n) is 9.81. The van der Waals surface area contributed by atoms with E-state index in [0.29, 0.717) is 51.4 Å². The molecule has 1 saturated heterocycles. The van der Waals surface area contributed by atoms with Crippen LogP contribution in [0.4, 0.5) is 4.79 Å². The number of hydrogen-bond donors (Lipinski definition) is 3. The fourth-order valence-electron chi connectivity index (χ4n) is 2.95. The van der Waals surface area contributed by atoms with Crippen molar-refractivity contribution in [2.45, 2.75) is 38.0 Å². The van der Waals surface area contributed by atoms with Gasteiger partial charge in [0.1, 0.15) is 11.9 Å². The second kappa shape index (κ2) is 11.6. The van der Waals surface area contributed by atoms with E-state index in [0.717, 1.165) is 5.56 Å². The van der Waals surface area contributed by atoms with Crippen molar-refractivity contribution in [3.8, 4) is 5.75 Å². The lowest BCUT2D eigenvalue weighted by molar-refractivity contribution is -0.141. The third kappa shape index (κ3) is 7.19. The molecule has 1 aliphatic rings. The normalized spacial score (nSPS) is 17.2. The number of nitrogens with zero attached hydrogens (tertiary/aromatic N) is 1. The highest BCUT2D eigenvalue weighted by Gasteiger charge is 2.20. The number of benzene rings is 1. The third-order valence-electron chi connectivity index (χ3n) is 4.82. The second-order valence-electron chi connectivity index (χ2n) is 6.94. The fraction of sp³-hybridized carbons (Fsp3) is 0.600. The van der Waals surface area contributed by atoms with Crippen molar-refractivity contribution in [1.29, 1.82) is 0 Å². The lowest BCUT2D eigenvalue weighted by Gasteiger charge is -2.27. The van der Waals surface area contributed by atoms with Crippen molar-refractivity contribution in [2.24, 2.45) is 5.73 Å². The number of morpholine rings is 1. The number of carbonyl (C=O) groups is 2. The molecule has 2 rings (SSSR count).